The summed E-state index contributed by atoms with van der Waals surface area (Å²) in [5.74, 6) is -0.560. The smallest absolute Gasteiger partial charge is 0.423 e. The maximum absolute atomic E-state index is 13.4. The molecule has 2 nitrogen and oxygen atoms in total. The van der Waals surface area contributed by atoms with E-state index < -0.39 is 12.9 Å². The first-order valence-corrected chi connectivity index (χ1v) is 4.55. The Morgan fingerprint density at radius 1 is 1.31 bits per heavy atom. The predicted octanol–water partition coefficient (Wildman–Crippen LogP) is 0.885. The Hall–Kier alpha value is -0.385. The second kappa shape index (κ2) is 3.78. The van der Waals surface area contributed by atoms with E-state index in [2.05, 4.69) is 15.9 Å². The SMILES string of the molecule is Cc1c(Br)cc(B(O)O)c(F)c1C. The van der Waals surface area contributed by atoms with Gasteiger partial charge >= 0.3 is 7.12 Å². The van der Waals surface area contributed by atoms with Crippen LogP contribution in [0.15, 0.2) is 10.5 Å². The Kier molecular flexibility index (Phi) is 3.11. The van der Waals surface area contributed by atoms with Crippen molar-refractivity contribution in [2.45, 2.75) is 13.8 Å². The largest absolute Gasteiger partial charge is 0.491 e. The molecular weight excluding hydrogens is 238 g/mol. The van der Waals surface area contributed by atoms with Crippen molar-refractivity contribution in [3.05, 3.63) is 27.5 Å². The van der Waals surface area contributed by atoms with E-state index in [1.54, 1.807) is 13.8 Å². The van der Waals surface area contributed by atoms with E-state index in [1.165, 1.54) is 6.07 Å². The Morgan fingerprint density at radius 3 is 2.31 bits per heavy atom. The molecule has 1 rings (SSSR count). The zero-order chi connectivity index (χ0) is 10.2. The fraction of sp³-hybridized carbons (Fsp3) is 0.250. The molecule has 0 saturated heterocycles. The minimum Gasteiger partial charge on any atom is -0.423 e. The van der Waals surface area contributed by atoms with Crippen molar-refractivity contribution in [1.29, 1.82) is 0 Å². The highest BCUT2D eigenvalue weighted by atomic mass is 79.9. The van der Waals surface area contributed by atoms with Gasteiger partial charge in [-0.1, -0.05) is 15.9 Å². The van der Waals surface area contributed by atoms with Gasteiger partial charge in [-0.15, -0.1) is 0 Å². The molecule has 13 heavy (non-hydrogen) atoms. The summed E-state index contributed by atoms with van der Waals surface area (Å²) in [6.45, 7) is 3.36. The normalized spacial score (nSPS) is 10.3. The quantitative estimate of drug-likeness (QED) is 0.723. The number of halogens is 2. The highest BCUT2D eigenvalue weighted by molar-refractivity contribution is 9.10. The molecule has 0 radical (unpaired) electrons. The average Bonchev–Trinajstić information content (AvgIpc) is 2.07. The molecule has 0 saturated carbocycles. The highest BCUT2D eigenvalue weighted by Gasteiger charge is 2.20. The molecule has 0 aliphatic carbocycles. The lowest BCUT2D eigenvalue weighted by atomic mass is 9.78. The van der Waals surface area contributed by atoms with Crippen LogP contribution in [0.3, 0.4) is 0 Å². The number of hydrogen-bond donors (Lipinski definition) is 2. The van der Waals surface area contributed by atoms with Crippen LogP contribution < -0.4 is 5.46 Å². The molecule has 1 aromatic carbocycles. The summed E-state index contributed by atoms with van der Waals surface area (Å²) in [6.07, 6.45) is 0. The van der Waals surface area contributed by atoms with Gasteiger partial charge in [0.1, 0.15) is 5.82 Å². The molecule has 1 aromatic rings. The third kappa shape index (κ3) is 1.93. The van der Waals surface area contributed by atoms with Crippen molar-refractivity contribution in [2.75, 3.05) is 0 Å². The summed E-state index contributed by atoms with van der Waals surface area (Å²) in [5.41, 5.74) is 1.09. The zero-order valence-electron chi connectivity index (χ0n) is 7.31. The summed E-state index contributed by atoms with van der Waals surface area (Å²) >= 11 is 3.21. The minimum atomic E-state index is -1.77. The van der Waals surface area contributed by atoms with Gasteiger partial charge < -0.3 is 10.0 Å². The van der Waals surface area contributed by atoms with Gasteiger partial charge in [-0.3, -0.25) is 0 Å². The van der Waals surface area contributed by atoms with Crippen LogP contribution >= 0.6 is 15.9 Å². The van der Waals surface area contributed by atoms with Crippen molar-refractivity contribution in [3.8, 4) is 0 Å². The van der Waals surface area contributed by atoms with Crippen LogP contribution in [0.5, 0.6) is 0 Å². The van der Waals surface area contributed by atoms with Gasteiger partial charge in [-0.25, -0.2) is 4.39 Å². The van der Waals surface area contributed by atoms with Gasteiger partial charge in [-0.2, -0.15) is 0 Å². The Balaban J connectivity index is 3.41. The summed E-state index contributed by atoms with van der Waals surface area (Å²) in [6, 6.07) is 1.38. The van der Waals surface area contributed by atoms with E-state index in [0.29, 0.717) is 10.0 Å². The second-order valence-electron chi connectivity index (χ2n) is 2.89. The molecule has 0 aliphatic heterocycles. The van der Waals surface area contributed by atoms with E-state index in [4.69, 9.17) is 10.0 Å². The summed E-state index contributed by atoms with van der Waals surface area (Å²) < 4.78 is 14.0. The van der Waals surface area contributed by atoms with Crippen LogP contribution in [0, 0.1) is 19.7 Å². The van der Waals surface area contributed by atoms with Crippen LogP contribution in [0.25, 0.3) is 0 Å². The molecule has 0 aromatic heterocycles. The van der Waals surface area contributed by atoms with Crippen LogP contribution in [-0.4, -0.2) is 17.2 Å². The first kappa shape index (κ1) is 10.7. The molecule has 2 N–H and O–H groups in total. The number of hydrogen-bond acceptors (Lipinski definition) is 2. The molecule has 0 unspecified atom stereocenters. The Bertz CT molecular complexity index is 341. The number of rotatable bonds is 1. The minimum absolute atomic E-state index is 0.102. The second-order valence-corrected chi connectivity index (χ2v) is 3.74. The summed E-state index contributed by atoms with van der Waals surface area (Å²) in [4.78, 5) is 0. The highest BCUT2D eigenvalue weighted by Crippen LogP contribution is 2.20. The molecule has 0 aliphatic rings. The topological polar surface area (TPSA) is 40.5 Å². The van der Waals surface area contributed by atoms with Gasteiger partial charge in [0.2, 0.25) is 0 Å². The molecule has 0 fully saturated rings. The molecule has 0 spiro atoms. The molecule has 0 bridgehead atoms. The molecule has 70 valence electrons. The first-order valence-electron chi connectivity index (χ1n) is 3.76. The van der Waals surface area contributed by atoms with Crippen LogP contribution in [-0.2, 0) is 0 Å². The molecule has 0 atom stereocenters. The van der Waals surface area contributed by atoms with Crippen molar-refractivity contribution < 1.29 is 14.4 Å². The lowest BCUT2D eigenvalue weighted by Crippen LogP contribution is -2.33. The molecular formula is C8H9BBrFO2. The van der Waals surface area contributed by atoms with Crippen molar-refractivity contribution in [1.82, 2.24) is 0 Å². The van der Waals surface area contributed by atoms with Crippen molar-refractivity contribution in [2.24, 2.45) is 0 Å². The maximum atomic E-state index is 13.4. The van der Waals surface area contributed by atoms with Gasteiger partial charge in [0, 0.05) is 9.94 Å². The molecule has 0 amide bonds. The monoisotopic (exact) mass is 246 g/mol. The van der Waals surface area contributed by atoms with Gasteiger partial charge in [0.25, 0.3) is 0 Å². The van der Waals surface area contributed by atoms with Crippen LogP contribution in [0.4, 0.5) is 4.39 Å². The Labute approximate surface area is 84.7 Å². The lowest BCUT2D eigenvalue weighted by Gasteiger charge is -2.09. The maximum Gasteiger partial charge on any atom is 0.491 e. The van der Waals surface area contributed by atoms with Gasteiger partial charge in [0.05, 0.1) is 0 Å². The number of benzene rings is 1. The van der Waals surface area contributed by atoms with Crippen LogP contribution in [0.2, 0.25) is 0 Å². The third-order valence-electron chi connectivity index (χ3n) is 2.06. The third-order valence-corrected chi connectivity index (χ3v) is 2.89. The average molecular weight is 247 g/mol. The van der Waals surface area contributed by atoms with Crippen molar-refractivity contribution >= 4 is 28.5 Å². The lowest BCUT2D eigenvalue weighted by molar-refractivity contribution is 0.422. The molecule has 0 heterocycles. The standard InChI is InChI=1S/C8H9BBrFO2/c1-4-5(2)8(11)6(9(12)13)3-7(4)10/h3,12-13H,1-2H3. The zero-order valence-corrected chi connectivity index (χ0v) is 8.89. The predicted molar refractivity (Wildman–Crippen MR) is 53.4 cm³/mol. The van der Waals surface area contributed by atoms with E-state index >= 15 is 0 Å². The fourth-order valence-electron chi connectivity index (χ4n) is 1.06. The first-order chi connectivity index (χ1) is 5.95. The van der Waals surface area contributed by atoms with E-state index in [-0.39, 0.29) is 5.46 Å². The van der Waals surface area contributed by atoms with E-state index in [1.807, 2.05) is 0 Å². The van der Waals surface area contributed by atoms with Gasteiger partial charge in [-0.05, 0) is 31.0 Å². The summed E-state index contributed by atoms with van der Waals surface area (Å²) in [5, 5.41) is 17.7. The molecule has 5 heteroatoms. The van der Waals surface area contributed by atoms with E-state index in [0.717, 1.165) is 5.56 Å². The van der Waals surface area contributed by atoms with E-state index in [9.17, 15) is 4.39 Å². The van der Waals surface area contributed by atoms with Gasteiger partial charge in [0.15, 0.2) is 0 Å². The van der Waals surface area contributed by atoms with Crippen molar-refractivity contribution in [3.63, 3.8) is 0 Å². The summed E-state index contributed by atoms with van der Waals surface area (Å²) in [7, 11) is -1.77. The van der Waals surface area contributed by atoms with Crippen LogP contribution in [0.1, 0.15) is 11.1 Å². The Morgan fingerprint density at radius 2 is 1.85 bits per heavy atom. The fourth-order valence-corrected chi connectivity index (χ4v) is 1.60.